The van der Waals surface area contributed by atoms with Crippen LogP contribution in [-0.4, -0.2) is 24.0 Å². The Kier molecular flexibility index (Phi) is 5.79. The lowest BCUT2D eigenvalue weighted by Gasteiger charge is -2.16. The summed E-state index contributed by atoms with van der Waals surface area (Å²) in [6, 6.07) is 17.2. The summed E-state index contributed by atoms with van der Waals surface area (Å²) in [5, 5.41) is 2.60. The first-order chi connectivity index (χ1) is 11.5. The van der Waals surface area contributed by atoms with Crippen LogP contribution in [0.5, 0.6) is 0 Å². The van der Waals surface area contributed by atoms with E-state index >= 15 is 0 Å². The fourth-order valence-electron chi connectivity index (χ4n) is 2.26. The minimum atomic E-state index is -0.974. The van der Waals surface area contributed by atoms with E-state index in [1.54, 1.807) is 67.6 Å². The third-order valence-electron chi connectivity index (χ3n) is 3.60. The monoisotopic (exact) mass is 321 g/mol. The van der Waals surface area contributed by atoms with Crippen molar-refractivity contribution in [3.63, 3.8) is 0 Å². The zero-order valence-electron chi connectivity index (χ0n) is 13.5. The summed E-state index contributed by atoms with van der Waals surface area (Å²) in [6.07, 6.45) is 0. The average molecular weight is 321 g/mol. The van der Waals surface area contributed by atoms with Crippen molar-refractivity contribution in [3.8, 4) is 0 Å². The maximum Gasteiger partial charge on any atom is 0.246 e. The van der Waals surface area contributed by atoms with Crippen LogP contribution in [0.2, 0.25) is 0 Å². The van der Waals surface area contributed by atoms with Crippen molar-refractivity contribution in [2.45, 2.75) is 6.92 Å². The molecular formula is C20H19NO3. The first kappa shape index (κ1) is 17.3. The molecule has 2 aromatic rings. The molecule has 122 valence electrons. The second-order valence-corrected chi connectivity index (χ2v) is 5.50. The standard InChI is InChI=1S/C20H19NO3/c1-14(2)20(24)21-13-17(18(22)15-9-5-3-6-10-15)19(23)16-11-7-4-8-12-16/h3-12,17H,1,13H2,2H3,(H,21,24). The van der Waals surface area contributed by atoms with E-state index in [1.807, 2.05) is 0 Å². The highest BCUT2D eigenvalue weighted by Crippen LogP contribution is 2.15. The molecule has 0 unspecified atom stereocenters. The summed E-state index contributed by atoms with van der Waals surface area (Å²) in [4.78, 5) is 37.2. The Balaban J connectivity index is 2.27. The number of carbonyl (C=O) groups excluding carboxylic acids is 3. The van der Waals surface area contributed by atoms with Gasteiger partial charge in [-0.05, 0) is 6.92 Å². The van der Waals surface area contributed by atoms with Crippen molar-refractivity contribution in [3.05, 3.63) is 83.9 Å². The van der Waals surface area contributed by atoms with Crippen LogP contribution in [0, 0.1) is 5.92 Å². The Morgan fingerprint density at radius 2 is 1.29 bits per heavy atom. The number of hydrogen-bond donors (Lipinski definition) is 1. The van der Waals surface area contributed by atoms with Crippen LogP contribution in [0.3, 0.4) is 0 Å². The molecule has 1 N–H and O–H groups in total. The molecular weight excluding hydrogens is 302 g/mol. The van der Waals surface area contributed by atoms with Crippen molar-refractivity contribution in [1.82, 2.24) is 5.32 Å². The van der Waals surface area contributed by atoms with Crippen LogP contribution in [0.25, 0.3) is 0 Å². The predicted molar refractivity (Wildman–Crippen MR) is 92.9 cm³/mol. The van der Waals surface area contributed by atoms with E-state index in [-0.39, 0.29) is 24.0 Å². The summed E-state index contributed by atoms with van der Waals surface area (Å²) in [5.41, 5.74) is 1.21. The molecule has 0 aliphatic carbocycles. The van der Waals surface area contributed by atoms with Gasteiger partial charge in [0.1, 0.15) is 5.92 Å². The number of ketones is 2. The van der Waals surface area contributed by atoms with Crippen molar-refractivity contribution >= 4 is 17.5 Å². The minimum Gasteiger partial charge on any atom is -0.351 e. The van der Waals surface area contributed by atoms with Gasteiger partial charge in [0.25, 0.3) is 0 Å². The molecule has 24 heavy (non-hydrogen) atoms. The molecule has 4 heteroatoms. The van der Waals surface area contributed by atoms with Gasteiger partial charge in [-0.2, -0.15) is 0 Å². The lowest BCUT2D eigenvalue weighted by atomic mass is 9.90. The second-order valence-electron chi connectivity index (χ2n) is 5.50. The van der Waals surface area contributed by atoms with Crippen molar-refractivity contribution in [1.29, 1.82) is 0 Å². The molecule has 0 fully saturated rings. The van der Waals surface area contributed by atoms with Gasteiger partial charge in [0.15, 0.2) is 11.6 Å². The van der Waals surface area contributed by atoms with Gasteiger partial charge in [-0.25, -0.2) is 0 Å². The number of hydrogen-bond acceptors (Lipinski definition) is 3. The molecule has 2 aromatic carbocycles. The Bertz CT molecular complexity index is 699. The summed E-state index contributed by atoms with van der Waals surface area (Å²) in [6.45, 7) is 5.07. The Morgan fingerprint density at radius 1 is 0.875 bits per heavy atom. The molecule has 0 saturated heterocycles. The van der Waals surface area contributed by atoms with Gasteiger partial charge in [-0.15, -0.1) is 0 Å². The second kappa shape index (κ2) is 8.02. The van der Waals surface area contributed by atoms with E-state index in [4.69, 9.17) is 0 Å². The normalized spacial score (nSPS) is 10.2. The molecule has 0 bridgehead atoms. The van der Waals surface area contributed by atoms with E-state index in [9.17, 15) is 14.4 Å². The maximum absolute atomic E-state index is 12.7. The quantitative estimate of drug-likeness (QED) is 0.484. The van der Waals surface area contributed by atoms with Gasteiger partial charge in [0, 0.05) is 23.2 Å². The largest absolute Gasteiger partial charge is 0.351 e. The number of nitrogens with one attached hydrogen (secondary N) is 1. The number of benzene rings is 2. The first-order valence-corrected chi connectivity index (χ1v) is 7.63. The smallest absolute Gasteiger partial charge is 0.246 e. The zero-order valence-corrected chi connectivity index (χ0v) is 13.5. The van der Waals surface area contributed by atoms with Gasteiger partial charge in [-0.1, -0.05) is 67.2 Å². The zero-order chi connectivity index (χ0) is 17.5. The van der Waals surface area contributed by atoms with Gasteiger partial charge in [-0.3, -0.25) is 14.4 Å². The summed E-state index contributed by atoms with van der Waals surface area (Å²) >= 11 is 0. The number of rotatable bonds is 7. The fraction of sp³-hybridized carbons (Fsp3) is 0.150. The molecule has 0 aliphatic heterocycles. The predicted octanol–water partition coefficient (Wildman–Crippen LogP) is 3.06. The molecule has 0 saturated carbocycles. The summed E-state index contributed by atoms with van der Waals surface area (Å²) in [5.74, 6) is -1.97. The van der Waals surface area contributed by atoms with E-state index in [0.717, 1.165) is 0 Å². The third kappa shape index (κ3) is 4.26. The van der Waals surface area contributed by atoms with Crippen LogP contribution in [0.4, 0.5) is 0 Å². The Morgan fingerprint density at radius 3 is 1.67 bits per heavy atom. The van der Waals surface area contributed by atoms with Gasteiger partial charge in [0.05, 0.1) is 0 Å². The molecule has 0 aromatic heterocycles. The lowest BCUT2D eigenvalue weighted by molar-refractivity contribution is -0.117. The van der Waals surface area contributed by atoms with Crippen LogP contribution < -0.4 is 5.32 Å². The van der Waals surface area contributed by atoms with Crippen LogP contribution in [-0.2, 0) is 4.79 Å². The van der Waals surface area contributed by atoms with E-state index < -0.39 is 5.92 Å². The highest BCUT2D eigenvalue weighted by atomic mass is 16.2. The number of Topliss-reactive ketones (excluding diaryl/α,β-unsaturated/α-hetero) is 2. The van der Waals surface area contributed by atoms with Crippen LogP contribution >= 0.6 is 0 Å². The third-order valence-corrected chi connectivity index (χ3v) is 3.60. The maximum atomic E-state index is 12.7. The summed E-state index contributed by atoms with van der Waals surface area (Å²) in [7, 11) is 0. The van der Waals surface area contributed by atoms with Crippen molar-refractivity contribution in [2.75, 3.05) is 6.54 Å². The first-order valence-electron chi connectivity index (χ1n) is 7.63. The molecule has 0 atom stereocenters. The summed E-state index contributed by atoms with van der Waals surface area (Å²) < 4.78 is 0. The highest BCUT2D eigenvalue weighted by Gasteiger charge is 2.28. The minimum absolute atomic E-state index is 0.0624. The van der Waals surface area contributed by atoms with Gasteiger partial charge < -0.3 is 5.32 Å². The van der Waals surface area contributed by atoms with Crippen LogP contribution in [0.1, 0.15) is 27.6 Å². The topological polar surface area (TPSA) is 63.2 Å². The number of amides is 1. The molecule has 0 radical (unpaired) electrons. The SMILES string of the molecule is C=C(C)C(=O)NCC(C(=O)c1ccccc1)C(=O)c1ccccc1. The van der Waals surface area contributed by atoms with E-state index in [2.05, 4.69) is 11.9 Å². The highest BCUT2D eigenvalue weighted by molar-refractivity contribution is 6.16. The molecule has 0 spiro atoms. The molecule has 0 heterocycles. The molecule has 0 aliphatic rings. The average Bonchev–Trinajstić information content (AvgIpc) is 2.62. The van der Waals surface area contributed by atoms with Crippen LogP contribution in [0.15, 0.2) is 72.8 Å². The lowest BCUT2D eigenvalue weighted by Crippen LogP contribution is -2.37. The van der Waals surface area contributed by atoms with Crippen molar-refractivity contribution in [2.24, 2.45) is 5.92 Å². The number of carbonyl (C=O) groups is 3. The fourth-order valence-corrected chi connectivity index (χ4v) is 2.26. The van der Waals surface area contributed by atoms with Gasteiger partial charge >= 0.3 is 0 Å². The van der Waals surface area contributed by atoms with E-state index in [1.165, 1.54) is 0 Å². The van der Waals surface area contributed by atoms with Crippen molar-refractivity contribution < 1.29 is 14.4 Å². The molecule has 1 amide bonds. The van der Waals surface area contributed by atoms with Gasteiger partial charge in [0.2, 0.25) is 5.91 Å². The molecule has 2 rings (SSSR count). The van der Waals surface area contributed by atoms with E-state index in [0.29, 0.717) is 16.7 Å². The molecule has 4 nitrogen and oxygen atoms in total. The Hall–Kier alpha value is -3.01. The Labute approximate surface area is 141 Å².